The van der Waals surface area contributed by atoms with Crippen LogP contribution < -0.4 is 0 Å². The summed E-state index contributed by atoms with van der Waals surface area (Å²) < 4.78 is 6.71. The molecule has 1 unspecified atom stereocenters. The molecule has 30 heavy (non-hydrogen) atoms. The van der Waals surface area contributed by atoms with Gasteiger partial charge < -0.3 is 24.7 Å². The second-order valence-electron chi connectivity index (χ2n) is 7.94. The van der Waals surface area contributed by atoms with Gasteiger partial charge in [0.1, 0.15) is 12.1 Å². The van der Waals surface area contributed by atoms with Gasteiger partial charge in [-0.05, 0) is 43.4 Å². The molecule has 11 heteroatoms. The van der Waals surface area contributed by atoms with Crippen LogP contribution in [0.25, 0.3) is 0 Å². The Labute approximate surface area is 173 Å². The zero-order chi connectivity index (χ0) is 21.9. The van der Waals surface area contributed by atoms with Gasteiger partial charge in [0.15, 0.2) is 0 Å². The highest BCUT2D eigenvalue weighted by Crippen LogP contribution is 2.26. The standard InChI is InChI=1S/C19H24N6O5/c1-19(2,3)30-18(27)22-10-11-24(15(12-22)14-4-7-20-8-5-14)17(26)13-23-9-6-16(21-23)25(28)29/h4-9,15H,10-13H2,1-3H3. The lowest BCUT2D eigenvalue weighted by Crippen LogP contribution is -2.53. The third kappa shape index (κ3) is 5.10. The van der Waals surface area contributed by atoms with Gasteiger partial charge in [-0.1, -0.05) is 0 Å². The number of nitrogens with zero attached hydrogens (tertiary/aromatic N) is 6. The van der Waals surface area contributed by atoms with Gasteiger partial charge >= 0.3 is 11.9 Å². The van der Waals surface area contributed by atoms with Crippen molar-refractivity contribution >= 4 is 17.8 Å². The fourth-order valence-corrected chi connectivity index (χ4v) is 3.21. The quantitative estimate of drug-likeness (QED) is 0.551. The lowest BCUT2D eigenvalue weighted by atomic mass is 10.0. The number of nitro groups is 1. The van der Waals surface area contributed by atoms with Gasteiger partial charge in [-0.2, -0.15) is 4.68 Å². The Hall–Kier alpha value is -3.50. The Bertz CT molecular complexity index is 923. The molecule has 0 radical (unpaired) electrons. The number of ether oxygens (including phenoxy) is 1. The fourth-order valence-electron chi connectivity index (χ4n) is 3.21. The van der Waals surface area contributed by atoms with Crippen LogP contribution in [-0.2, 0) is 16.1 Å². The van der Waals surface area contributed by atoms with Gasteiger partial charge in [0, 0.05) is 32.0 Å². The maximum Gasteiger partial charge on any atom is 0.410 e. The predicted octanol–water partition coefficient (Wildman–Crippen LogP) is 2.01. The molecule has 0 N–H and O–H groups in total. The van der Waals surface area contributed by atoms with Crippen molar-refractivity contribution in [1.29, 1.82) is 0 Å². The largest absolute Gasteiger partial charge is 0.444 e. The summed E-state index contributed by atoms with van der Waals surface area (Å²) in [5, 5.41) is 14.6. The van der Waals surface area contributed by atoms with E-state index in [1.54, 1.807) is 55.1 Å². The molecule has 0 saturated carbocycles. The molecule has 3 heterocycles. The van der Waals surface area contributed by atoms with E-state index in [4.69, 9.17) is 4.74 Å². The summed E-state index contributed by atoms with van der Waals surface area (Å²) in [6.45, 7) is 6.15. The van der Waals surface area contributed by atoms with Crippen molar-refractivity contribution in [2.24, 2.45) is 0 Å². The van der Waals surface area contributed by atoms with Gasteiger partial charge in [0.05, 0.1) is 23.4 Å². The van der Waals surface area contributed by atoms with Gasteiger partial charge in [0.2, 0.25) is 5.91 Å². The van der Waals surface area contributed by atoms with Crippen LogP contribution in [-0.4, -0.2) is 66.7 Å². The first-order valence-corrected chi connectivity index (χ1v) is 9.49. The summed E-state index contributed by atoms with van der Waals surface area (Å²) in [5.74, 6) is -0.568. The second-order valence-corrected chi connectivity index (χ2v) is 7.94. The zero-order valence-corrected chi connectivity index (χ0v) is 17.1. The Morgan fingerprint density at radius 1 is 1.23 bits per heavy atom. The monoisotopic (exact) mass is 416 g/mol. The third-order valence-corrected chi connectivity index (χ3v) is 4.55. The fraction of sp³-hybridized carbons (Fsp3) is 0.474. The SMILES string of the molecule is CC(C)(C)OC(=O)N1CCN(C(=O)Cn2ccc([N+](=O)[O-])n2)C(c2ccncc2)C1. The van der Waals surface area contributed by atoms with E-state index in [1.807, 2.05) is 0 Å². The number of pyridine rings is 1. The molecule has 1 atom stereocenters. The van der Waals surface area contributed by atoms with Crippen LogP contribution in [0.1, 0.15) is 32.4 Å². The van der Waals surface area contributed by atoms with E-state index in [1.165, 1.54) is 16.9 Å². The molecule has 11 nitrogen and oxygen atoms in total. The minimum Gasteiger partial charge on any atom is -0.444 e. The molecule has 3 rings (SSSR count). The summed E-state index contributed by atoms with van der Waals surface area (Å²) in [7, 11) is 0. The molecule has 1 fully saturated rings. The van der Waals surface area contributed by atoms with Crippen LogP contribution in [0.15, 0.2) is 36.8 Å². The minimum atomic E-state index is -0.620. The highest BCUT2D eigenvalue weighted by atomic mass is 16.6. The number of amides is 2. The van der Waals surface area contributed by atoms with E-state index >= 15 is 0 Å². The normalized spacial score (nSPS) is 17.0. The van der Waals surface area contributed by atoms with Crippen molar-refractivity contribution < 1.29 is 19.2 Å². The lowest BCUT2D eigenvalue weighted by molar-refractivity contribution is -0.389. The predicted molar refractivity (Wildman–Crippen MR) is 105 cm³/mol. The average Bonchev–Trinajstić information content (AvgIpc) is 3.15. The summed E-state index contributed by atoms with van der Waals surface area (Å²) >= 11 is 0. The molecule has 0 spiro atoms. The maximum atomic E-state index is 13.0. The lowest BCUT2D eigenvalue weighted by Gasteiger charge is -2.41. The molecule has 2 aromatic rings. The number of aromatic nitrogens is 3. The topological polar surface area (TPSA) is 124 Å². The van der Waals surface area contributed by atoms with E-state index in [0.29, 0.717) is 13.1 Å². The first kappa shape index (κ1) is 21.2. The molecule has 1 aliphatic heterocycles. The van der Waals surface area contributed by atoms with Crippen LogP contribution in [0.2, 0.25) is 0 Å². The van der Waals surface area contributed by atoms with Crippen molar-refractivity contribution in [2.75, 3.05) is 19.6 Å². The van der Waals surface area contributed by atoms with E-state index in [0.717, 1.165) is 5.56 Å². The summed E-state index contributed by atoms with van der Waals surface area (Å²) in [4.78, 5) is 43.0. The number of carbonyl (C=O) groups excluding carboxylic acids is 2. The van der Waals surface area contributed by atoms with Crippen molar-refractivity contribution in [2.45, 2.75) is 39.0 Å². The average molecular weight is 416 g/mol. The molecule has 0 aliphatic carbocycles. The highest BCUT2D eigenvalue weighted by Gasteiger charge is 2.35. The molecule has 2 amide bonds. The molecule has 160 valence electrons. The van der Waals surface area contributed by atoms with Gasteiger partial charge in [-0.15, -0.1) is 0 Å². The van der Waals surface area contributed by atoms with Gasteiger partial charge in [-0.3, -0.25) is 9.78 Å². The number of hydrogen-bond acceptors (Lipinski definition) is 7. The number of piperazine rings is 1. The molecular weight excluding hydrogens is 392 g/mol. The second kappa shape index (κ2) is 8.47. The Morgan fingerprint density at radius 3 is 2.53 bits per heavy atom. The van der Waals surface area contributed by atoms with Crippen molar-refractivity contribution in [3.63, 3.8) is 0 Å². The Morgan fingerprint density at radius 2 is 1.93 bits per heavy atom. The molecule has 1 aliphatic rings. The minimum absolute atomic E-state index is 0.137. The van der Waals surface area contributed by atoms with Crippen LogP contribution in [0.5, 0.6) is 0 Å². The summed E-state index contributed by atoms with van der Waals surface area (Å²) in [6.07, 6.45) is 4.22. The van der Waals surface area contributed by atoms with Crippen LogP contribution in [0, 0.1) is 10.1 Å². The molecular formula is C19H24N6O5. The Kier molecular flexibility index (Phi) is 5.99. The van der Waals surface area contributed by atoms with E-state index in [-0.39, 0.29) is 24.8 Å². The number of carbonyl (C=O) groups is 2. The van der Waals surface area contributed by atoms with E-state index in [9.17, 15) is 19.7 Å². The molecule has 0 bridgehead atoms. The smallest absolute Gasteiger partial charge is 0.410 e. The van der Waals surface area contributed by atoms with Crippen molar-refractivity contribution in [1.82, 2.24) is 24.6 Å². The maximum absolute atomic E-state index is 13.0. The molecule has 2 aromatic heterocycles. The number of hydrogen-bond donors (Lipinski definition) is 0. The van der Waals surface area contributed by atoms with Gasteiger partial charge in [-0.25, -0.2) is 4.79 Å². The van der Waals surface area contributed by atoms with Crippen molar-refractivity contribution in [3.8, 4) is 0 Å². The molecule has 1 saturated heterocycles. The van der Waals surface area contributed by atoms with Gasteiger partial charge in [0.25, 0.3) is 0 Å². The zero-order valence-electron chi connectivity index (χ0n) is 17.1. The molecule has 0 aromatic carbocycles. The van der Waals surface area contributed by atoms with E-state index < -0.39 is 22.7 Å². The summed E-state index contributed by atoms with van der Waals surface area (Å²) in [5.41, 5.74) is 0.212. The van der Waals surface area contributed by atoms with Crippen LogP contribution in [0.3, 0.4) is 0 Å². The van der Waals surface area contributed by atoms with E-state index in [2.05, 4.69) is 10.1 Å². The third-order valence-electron chi connectivity index (χ3n) is 4.55. The Balaban J connectivity index is 1.78. The number of rotatable bonds is 4. The highest BCUT2D eigenvalue weighted by molar-refractivity contribution is 5.77. The van der Waals surface area contributed by atoms with Crippen LogP contribution >= 0.6 is 0 Å². The first-order chi connectivity index (χ1) is 14.1. The van der Waals surface area contributed by atoms with Crippen molar-refractivity contribution in [3.05, 3.63) is 52.5 Å². The summed E-state index contributed by atoms with van der Waals surface area (Å²) in [6, 6.07) is 4.44. The first-order valence-electron chi connectivity index (χ1n) is 9.49. The van der Waals surface area contributed by atoms with Crippen LogP contribution in [0.4, 0.5) is 10.6 Å².